The summed E-state index contributed by atoms with van der Waals surface area (Å²) in [4.78, 5) is 28.6. The lowest BCUT2D eigenvalue weighted by Crippen LogP contribution is -2.49. The van der Waals surface area contributed by atoms with E-state index in [9.17, 15) is 4.79 Å². The molecule has 2 aromatic rings. The van der Waals surface area contributed by atoms with Crippen molar-refractivity contribution in [3.8, 4) is 0 Å². The lowest BCUT2D eigenvalue weighted by Gasteiger charge is -2.35. The van der Waals surface area contributed by atoms with Crippen molar-refractivity contribution in [3.63, 3.8) is 0 Å². The summed E-state index contributed by atoms with van der Waals surface area (Å²) in [6.45, 7) is 2.77. The number of anilines is 1. The number of hydrogen-bond donors (Lipinski definition) is 0. The van der Waals surface area contributed by atoms with Crippen LogP contribution in [0.1, 0.15) is 10.4 Å². The van der Waals surface area contributed by atoms with E-state index < -0.39 is 0 Å². The molecular formula is C14H14ClN5O. The molecule has 1 aliphatic rings. The van der Waals surface area contributed by atoms with Crippen LogP contribution in [0.5, 0.6) is 0 Å². The predicted octanol–water partition coefficient (Wildman–Crippen LogP) is 1.49. The minimum absolute atomic E-state index is 0.0157. The first-order valence-corrected chi connectivity index (χ1v) is 7.03. The first kappa shape index (κ1) is 13.8. The van der Waals surface area contributed by atoms with Crippen LogP contribution in [0.4, 0.5) is 5.82 Å². The number of carbonyl (C=O) groups excluding carboxylic acids is 1. The third-order valence-corrected chi connectivity index (χ3v) is 3.62. The van der Waals surface area contributed by atoms with Gasteiger partial charge in [-0.05, 0) is 12.1 Å². The van der Waals surface area contributed by atoms with Crippen molar-refractivity contribution >= 4 is 23.3 Å². The molecule has 0 spiro atoms. The van der Waals surface area contributed by atoms with Crippen molar-refractivity contribution in [2.24, 2.45) is 0 Å². The molecule has 0 aromatic carbocycles. The summed E-state index contributed by atoms with van der Waals surface area (Å²) in [6, 6.07) is 3.28. The molecule has 21 heavy (non-hydrogen) atoms. The zero-order chi connectivity index (χ0) is 14.7. The lowest BCUT2D eigenvalue weighted by molar-refractivity contribution is 0.0746. The van der Waals surface area contributed by atoms with Gasteiger partial charge in [0.1, 0.15) is 11.0 Å². The molecule has 0 atom stereocenters. The van der Waals surface area contributed by atoms with Crippen LogP contribution in [0.25, 0.3) is 0 Å². The van der Waals surface area contributed by atoms with Gasteiger partial charge in [0, 0.05) is 50.3 Å². The lowest BCUT2D eigenvalue weighted by atomic mass is 10.2. The Hall–Kier alpha value is -2.21. The Kier molecular flexibility index (Phi) is 3.96. The summed E-state index contributed by atoms with van der Waals surface area (Å²) in [5.41, 5.74) is 0.572. The van der Waals surface area contributed by atoms with Crippen molar-refractivity contribution in [2.75, 3.05) is 31.1 Å². The van der Waals surface area contributed by atoms with Crippen LogP contribution in [0.3, 0.4) is 0 Å². The number of piperazine rings is 1. The molecule has 1 aliphatic heterocycles. The highest BCUT2D eigenvalue weighted by Crippen LogP contribution is 2.15. The number of carbonyl (C=O) groups is 1. The number of amides is 1. The van der Waals surface area contributed by atoms with E-state index in [4.69, 9.17) is 11.6 Å². The van der Waals surface area contributed by atoms with Gasteiger partial charge in [0.05, 0.1) is 6.20 Å². The highest BCUT2D eigenvalue weighted by molar-refractivity contribution is 6.29. The van der Waals surface area contributed by atoms with Gasteiger partial charge in [-0.1, -0.05) is 11.6 Å². The van der Waals surface area contributed by atoms with Crippen LogP contribution in [-0.4, -0.2) is 51.9 Å². The summed E-state index contributed by atoms with van der Waals surface area (Å²) in [5, 5.41) is 0.332. The molecule has 0 unspecified atom stereocenters. The van der Waals surface area contributed by atoms with E-state index in [0.29, 0.717) is 23.8 Å². The van der Waals surface area contributed by atoms with Gasteiger partial charge in [0.2, 0.25) is 0 Å². The van der Waals surface area contributed by atoms with Crippen molar-refractivity contribution in [3.05, 3.63) is 47.6 Å². The van der Waals surface area contributed by atoms with Gasteiger partial charge in [-0.2, -0.15) is 0 Å². The fraction of sp³-hybridized carbons (Fsp3) is 0.286. The molecular weight excluding hydrogens is 290 g/mol. The summed E-state index contributed by atoms with van der Waals surface area (Å²) in [7, 11) is 0. The van der Waals surface area contributed by atoms with Crippen LogP contribution in [-0.2, 0) is 0 Å². The van der Waals surface area contributed by atoms with E-state index in [2.05, 4.69) is 19.9 Å². The number of hydrogen-bond acceptors (Lipinski definition) is 5. The Morgan fingerprint density at radius 3 is 2.57 bits per heavy atom. The zero-order valence-corrected chi connectivity index (χ0v) is 12.1. The molecule has 1 amide bonds. The van der Waals surface area contributed by atoms with E-state index in [1.807, 2.05) is 4.90 Å². The third kappa shape index (κ3) is 3.11. The van der Waals surface area contributed by atoms with Crippen molar-refractivity contribution < 1.29 is 4.79 Å². The summed E-state index contributed by atoms with van der Waals surface area (Å²) in [6.07, 6.45) is 6.60. The molecule has 0 saturated carbocycles. The Bertz CT molecular complexity index is 628. The van der Waals surface area contributed by atoms with E-state index in [-0.39, 0.29) is 5.91 Å². The van der Waals surface area contributed by atoms with Crippen LogP contribution < -0.4 is 4.90 Å². The number of halogens is 1. The predicted molar refractivity (Wildman–Crippen MR) is 79.4 cm³/mol. The number of nitrogens with zero attached hydrogens (tertiary/aromatic N) is 5. The molecule has 0 radical (unpaired) electrons. The van der Waals surface area contributed by atoms with E-state index in [0.717, 1.165) is 18.9 Å². The second kappa shape index (κ2) is 6.05. The average Bonchev–Trinajstić information content (AvgIpc) is 2.55. The molecule has 0 N–H and O–H groups in total. The van der Waals surface area contributed by atoms with Gasteiger partial charge >= 0.3 is 0 Å². The van der Waals surface area contributed by atoms with Gasteiger partial charge in [-0.15, -0.1) is 0 Å². The monoisotopic (exact) mass is 303 g/mol. The minimum Gasteiger partial charge on any atom is -0.352 e. The molecule has 1 fully saturated rings. The van der Waals surface area contributed by atoms with E-state index in [1.54, 1.807) is 36.9 Å². The zero-order valence-electron chi connectivity index (χ0n) is 11.3. The quantitative estimate of drug-likeness (QED) is 0.787. The van der Waals surface area contributed by atoms with Gasteiger partial charge in [0.15, 0.2) is 0 Å². The Morgan fingerprint density at radius 1 is 1.10 bits per heavy atom. The Morgan fingerprint density at radius 2 is 1.90 bits per heavy atom. The van der Waals surface area contributed by atoms with Gasteiger partial charge in [-0.25, -0.2) is 9.97 Å². The number of rotatable bonds is 2. The van der Waals surface area contributed by atoms with Crippen molar-refractivity contribution in [2.45, 2.75) is 0 Å². The summed E-state index contributed by atoms with van der Waals surface area (Å²) in [5.74, 6) is 0.828. The molecule has 2 aromatic heterocycles. The highest BCUT2D eigenvalue weighted by atomic mass is 35.5. The molecule has 0 aliphatic carbocycles. The molecule has 3 heterocycles. The van der Waals surface area contributed by atoms with E-state index in [1.165, 1.54) is 0 Å². The van der Waals surface area contributed by atoms with Gasteiger partial charge < -0.3 is 9.80 Å². The first-order valence-electron chi connectivity index (χ1n) is 6.66. The Balaban J connectivity index is 1.64. The normalized spacial score (nSPS) is 15.1. The first-order chi connectivity index (χ1) is 10.2. The standard InChI is InChI=1S/C14H14ClN5O/c15-12-9-11(1-2-17-12)14(21)20-7-5-19(6-8-20)13-10-16-3-4-18-13/h1-4,9-10H,5-8H2. The fourth-order valence-electron chi connectivity index (χ4n) is 2.31. The van der Waals surface area contributed by atoms with E-state index >= 15 is 0 Å². The smallest absolute Gasteiger partial charge is 0.254 e. The second-order valence-corrected chi connectivity index (χ2v) is 5.10. The van der Waals surface area contributed by atoms with Gasteiger partial charge in [-0.3, -0.25) is 9.78 Å². The topological polar surface area (TPSA) is 62.2 Å². The molecule has 0 bridgehead atoms. The molecule has 3 rings (SSSR count). The molecule has 108 valence electrons. The maximum absolute atomic E-state index is 12.4. The van der Waals surface area contributed by atoms with Crippen LogP contribution in [0.2, 0.25) is 5.15 Å². The number of aromatic nitrogens is 3. The highest BCUT2D eigenvalue weighted by Gasteiger charge is 2.23. The van der Waals surface area contributed by atoms with Crippen molar-refractivity contribution in [1.82, 2.24) is 19.9 Å². The maximum atomic E-state index is 12.4. The van der Waals surface area contributed by atoms with Crippen LogP contribution in [0, 0.1) is 0 Å². The van der Waals surface area contributed by atoms with Crippen LogP contribution >= 0.6 is 11.6 Å². The number of pyridine rings is 1. The summed E-state index contributed by atoms with van der Waals surface area (Å²) >= 11 is 5.83. The van der Waals surface area contributed by atoms with Crippen LogP contribution in [0.15, 0.2) is 36.9 Å². The average molecular weight is 304 g/mol. The Labute approximate surface area is 127 Å². The fourth-order valence-corrected chi connectivity index (χ4v) is 2.49. The summed E-state index contributed by atoms with van der Waals surface area (Å²) < 4.78 is 0. The molecule has 7 heteroatoms. The largest absolute Gasteiger partial charge is 0.352 e. The minimum atomic E-state index is -0.0157. The molecule has 1 saturated heterocycles. The van der Waals surface area contributed by atoms with Gasteiger partial charge in [0.25, 0.3) is 5.91 Å². The van der Waals surface area contributed by atoms with Crippen molar-refractivity contribution in [1.29, 1.82) is 0 Å². The SMILES string of the molecule is O=C(c1ccnc(Cl)c1)N1CCN(c2cnccn2)CC1. The maximum Gasteiger partial charge on any atom is 0.254 e. The second-order valence-electron chi connectivity index (χ2n) is 4.71. The third-order valence-electron chi connectivity index (χ3n) is 3.41. The molecule has 6 nitrogen and oxygen atoms in total.